The van der Waals surface area contributed by atoms with Crippen LogP contribution in [0.4, 0.5) is 11.4 Å². The molecule has 46 heavy (non-hydrogen) atoms. The highest BCUT2D eigenvalue weighted by Gasteiger charge is 2.34. The molecule has 0 saturated carbocycles. The van der Waals surface area contributed by atoms with Crippen molar-refractivity contribution in [3.05, 3.63) is 119 Å². The molecule has 1 amide bonds. The average Bonchev–Trinajstić information content (AvgIpc) is 3.48. The number of fused-ring (bicyclic) bond motifs is 2. The monoisotopic (exact) mass is 614 g/mol. The van der Waals surface area contributed by atoms with Crippen molar-refractivity contribution >= 4 is 17.3 Å². The number of amides is 1. The van der Waals surface area contributed by atoms with Crippen molar-refractivity contribution < 1.29 is 14.6 Å². The van der Waals surface area contributed by atoms with Gasteiger partial charge in [0.25, 0.3) is 5.91 Å². The van der Waals surface area contributed by atoms with Crippen molar-refractivity contribution in [2.45, 2.75) is 31.2 Å². The van der Waals surface area contributed by atoms with E-state index in [4.69, 9.17) is 4.74 Å². The molecule has 4 aliphatic heterocycles. The van der Waals surface area contributed by atoms with Crippen molar-refractivity contribution in [2.24, 2.45) is 5.92 Å². The number of hydrogen-bond donors (Lipinski definition) is 2. The third kappa shape index (κ3) is 5.69. The quantitative estimate of drug-likeness (QED) is 0.279. The van der Waals surface area contributed by atoms with Crippen LogP contribution in [0.2, 0.25) is 0 Å². The minimum atomic E-state index is 0.0510. The van der Waals surface area contributed by atoms with Gasteiger partial charge in [-0.15, -0.1) is 0 Å². The third-order valence-electron chi connectivity index (χ3n) is 10.6. The van der Waals surface area contributed by atoms with Crippen LogP contribution >= 0.6 is 0 Å². The second kappa shape index (κ2) is 12.4. The number of rotatable bonds is 6. The largest absolute Gasteiger partial charge is 0.508 e. The van der Waals surface area contributed by atoms with Crippen LogP contribution in [0.1, 0.15) is 57.3 Å². The summed E-state index contributed by atoms with van der Waals surface area (Å²) in [4.78, 5) is 19.6. The molecule has 2 fully saturated rings. The van der Waals surface area contributed by atoms with Gasteiger partial charge < -0.3 is 25.0 Å². The number of anilines is 2. The minimum Gasteiger partial charge on any atom is -0.508 e. The lowest BCUT2D eigenvalue weighted by atomic mass is 9.76. The van der Waals surface area contributed by atoms with Gasteiger partial charge >= 0.3 is 0 Å². The lowest BCUT2D eigenvalue weighted by Gasteiger charge is -2.40. The highest BCUT2D eigenvalue weighted by atomic mass is 16.5. The maximum atomic E-state index is 11.9. The summed E-state index contributed by atoms with van der Waals surface area (Å²) < 4.78 is 6.16. The second-order valence-corrected chi connectivity index (χ2v) is 13.4. The van der Waals surface area contributed by atoms with Crippen LogP contribution in [0.5, 0.6) is 11.5 Å². The number of aromatic hydroxyl groups is 1. The maximum absolute atomic E-state index is 11.9. The second-order valence-electron chi connectivity index (χ2n) is 13.4. The van der Waals surface area contributed by atoms with E-state index in [9.17, 15) is 9.90 Å². The Kier molecular flexibility index (Phi) is 7.78. The molecule has 4 heterocycles. The normalized spacial score (nSPS) is 21.8. The van der Waals surface area contributed by atoms with Crippen molar-refractivity contribution in [1.82, 2.24) is 10.2 Å². The number of nitrogens with zero attached hydrogens (tertiary/aromatic N) is 3. The lowest BCUT2D eigenvalue weighted by Crippen LogP contribution is -2.49. The number of nitrogens with one attached hydrogen (secondary N) is 1. The Bertz CT molecular complexity index is 1690. The van der Waals surface area contributed by atoms with E-state index in [0.717, 1.165) is 67.6 Å². The molecule has 0 aliphatic carbocycles. The van der Waals surface area contributed by atoms with E-state index < -0.39 is 0 Å². The molecule has 2 N–H and O–H groups in total. The van der Waals surface area contributed by atoms with Crippen molar-refractivity contribution in [3.8, 4) is 11.5 Å². The molecule has 0 aromatic heterocycles. The van der Waals surface area contributed by atoms with Gasteiger partial charge in [0.2, 0.25) is 0 Å². The van der Waals surface area contributed by atoms with Crippen LogP contribution in [-0.2, 0) is 6.54 Å². The summed E-state index contributed by atoms with van der Waals surface area (Å²) in [6.07, 6.45) is 2.45. The molecule has 0 bridgehead atoms. The van der Waals surface area contributed by atoms with E-state index in [-0.39, 0.29) is 23.5 Å². The molecule has 0 radical (unpaired) electrons. The smallest absolute Gasteiger partial charge is 0.251 e. The first-order valence-corrected chi connectivity index (χ1v) is 16.8. The third-order valence-corrected chi connectivity index (χ3v) is 10.6. The summed E-state index contributed by atoms with van der Waals surface area (Å²) in [7, 11) is 0. The van der Waals surface area contributed by atoms with E-state index in [0.29, 0.717) is 13.2 Å². The fraction of sp³-hybridized carbons (Fsp3) is 0.359. The van der Waals surface area contributed by atoms with Crippen LogP contribution in [0.3, 0.4) is 0 Å². The number of carbonyl (C=O) groups is 1. The number of phenols is 1. The molecule has 4 aromatic carbocycles. The molecule has 4 aromatic rings. The summed E-state index contributed by atoms with van der Waals surface area (Å²) in [6, 6.07) is 31.7. The zero-order valence-electron chi connectivity index (χ0n) is 26.3. The van der Waals surface area contributed by atoms with Crippen molar-refractivity contribution in [1.29, 1.82) is 0 Å². The molecule has 2 atom stereocenters. The number of benzene rings is 4. The van der Waals surface area contributed by atoms with E-state index >= 15 is 0 Å². The van der Waals surface area contributed by atoms with Gasteiger partial charge in [-0.3, -0.25) is 9.69 Å². The minimum absolute atomic E-state index is 0.0510. The number of hydrogen-bond acceptors (Lipinski definition) is 6. The summed E-state index contributed by atoms with van der Waals surface area (Å²) in [5.74, 6) is 2.18. The number of ether oxygens (including phenoxy) is 1. The van der Waals surface area contributed by atoms with Crippen LogP contribution in [0, 0.1) is 5.92 Å². The Morgan fingerprint density at radius 3 is 2.28 bits per heavy atom. The summed E-state index contributed by atoms with van der Waals surface area (Å²) >= 11 is 0. The van der Waals surface area contributed by atoms with Crippen LogP contribution in [0.15, 0.2) is 91.0 Å². The van der Waals surface area contributed by atoms with Gasteiger partial charge in [-0.25, -0.2) is 0 Å². The predicted molar refractivity (Wildman–Crippen MR) is 182 cm³/mol. The number of phenolic OH excluding ortho intramolecular Hbond substituents is 1. The summed E-state index contributed by atoms with van der Waals surface area (Å²) in [5, 5.41) is 13.0. The molecule has 7 heteroatoms. The molecule has 0 spiro atoms. The van der Waals surface area contributed by atoms with E-state index in [1.807, 2.05) is 12.1 Å². The van der Waals surface area contributed by atoms with Gasteiger partial charge in [-0.1, -0.05) is 48.5 Å². The van der Waals surface area contributed by atoms with Gasteiger partial charge in [0, 0.05) is 92.8 Å². The fourth-order valence-electron chi connectivity index (χ4n) is 8.03. The zero-order chi connectivity index (χ0) is 31.0. The Morgan fingerprint density at radius 1 is 0.761 bits per heavy atom. The average molecular weight is 615 g/mol. The Balaban J connectivity index is 0.877. The van der Waals surface area contributed by atoms with Crippen LogP contribution in [-0.4, -0.2) is 68.3 Å². The van der Waals surface area contributed by atoms with E-state index in [1.165, 1.54) is 41.9 Å². The highest BCUT2D eigenvalue weighted by Crippen LogP contribution is 2.47. The van der Waals surface area contributed by atoms with Crippen molar-refractivity contribution in [2.75, 3.05) is 62.2 Å². The number of piperidine rings is 1. The Morgan fingerprint density at radius 2 is 1.50 bits per heavy atom. The summed E-state index contributed by atoms with van der Waals surface area (Å²) in [5.41, 5.74) is 8.19. The first-order chi connectivity index (χ1) is 22.6. The molecular formula is C39H42N4O3. The fourth-order valence-corrected chi connectivity index (χ4v) is 8.03. The zero-order valence-corrected chi connectivity index (χ0v) is 26.3. The molecule has 4 aliphatic rings. The standard InChI is InChI=1S/C39H42N4O3/c44-33-11-13-35-37(23-33)46-26-36(28-4-2-1-3-5-28)38(35)29-6-8-31(9-7-29)42-16-14-27(15-17-42)25-41-18-20-43(21-19-41)32-10-12-34-30(22-32)24-40-39(34)45/h1-13,22-23,27,36,38,44H,14-21,24-26H2,(H,40,45)/t36?,38-/m1/s1. The maximum Gasteiger partial charge on any atom is 0.251 e. The van der Waals surface area contributed by atoms with Gasteiger partial charge in [0.1, 0.15) is 11.5 Å². The topological polar surface area (TPSA) is 68.3 Å². The highest BCUT2D eigenvalue weighted by molar-refractivity contribution is 5.98. The number of piperazine rings is 1. The van der Waals surface area contributed by atoms with Crippen LogP contribution < -0.4 is 19.9 Å². The van der Waals surface area contributed by atoms with Gasteiger partial charge in [-0.2, -0.15) is 0 Å². The Hall–Kier alpha value is -4.49. The van der Waals surface area contributed by atoms with Crippen molar-refractivity contribution in [3.63, 3.8) is 0 Å². The molecule has 236 valence electrons. The molecule has 7 nitrogen and oxygen atoms in total. The van der Waals surface area contributed by atoms with Gasteiger partial charge in [0.05, 0.1) is 6.61 Å². The first kappa shape index (κ1) is 28.9. The first-order valence-electron chi connectivity index (χ1n) is 16.8. The van der Waals surface area contributed by atoms with E-state index in [2.05, 4.69) is 86.7 Å². The van der Waals surface area contributed by atoms with E-state index in [1.54, 1.807) is 12.1 Å². The SMILES string of the molecule is O=C1NCc2cc(N3CCN(CC4CCN(c5ccc([C@@H]6c7ccc(O)cc7OCC6c6ccccc6)cc5)CC4)CC3)ccc21. The van der Waals surface area contributed by atoms with Gasteiger partial charge in [0.15, 0.2) is 0 Å². The summed E-state index contributed by atoms with van der Waals surface area (Å²) in [6.45, 7) is 8.87. The lowest BCUT2D eigenvalue weighted by molar-refractivity contribution is 0.0965. The molecule has 8 rings (SSSR count). The van der Waals surface area contributed by atoms with Crippen LogP contribution in [0.25, 0.3) is 0 Å². The Labute approximate surface area is 271 Å². The predicted octanol–water partition coefficient (Wildman–Crippen LogP) is 5.98. The van der Waals surface area contributed by atoms with Gasteiger partial charge in [-0.05, 0) is 71.8 Å². The number of carbonyl (C=O) groups excluding carboxylic acids is 1. The molecule has 1 unspecified atom stereocenters. The molecular weight excluding hydrogens is 572 g/mol. The molecule has 2 saturated heterocycles.